The van der Waals surface area contributed by atoms with Crippen molar-refractivity contribution in [2.24, 2.45) is 0 Å². The zero-order valence-corrected chi connectivity index (χ0v) is 8.09. The zero-order valence-electron chi connectivity index (χ0n) is 7.34. The molecule has 1 aromatic heterocycles. The lowest BCUT2D eigenvalue weighted by Crippen LogP contribution is -2.02. The van der Waals surface area contributed by atoms with Crippen LogP contribution < -0.4 is 0 Å². The molecule has 0 atom stereocenters. The lowest BCUT2D eigenvalue weighted by atomic mass is 10.1. The van der Waals surface area contributed by atoms with Gasteiger partial charge in [-0.15, -0.1) is 0 Å². The SMILES string of the molecule is N#CCc1nc(Cl)cc(C#N)c1C(F)F. The monoisotopic (exact) mass is 227 g/mol. The van der Waals surface area contributed by atoms with Crippen molar-refractivity contribution in [3.63, 3.8) is 0 Å². The van der Waals surface area contributed by atoms with Gasteiger partial charge in [0.15, 0.2) is 0 Å². The normalized spacial score (nSPS) is 9.73. The third-order valence-electron chi connectivity index (χ3n) is 1.69. The summed E-state index contributed by atoms with van der Waals surface area (Å²) in [6.45, 7) is 0. The summed E-state index contributed by atoms with van der Waals surface area (Å²) in [6, 6.07) is 4.36. The number of hydrogen-bond donors (Lipinski definition) is 0. The Morgan fingerprint density at radius 2 is 2.13 bits per heavy atom. The Kier molecular flexibility index (Phi) is 3.54. The molecule has 0 bridgehead atoms. The van der Waals surface area contributed by atoms with Crippen LogP contribution >= 0.6 is 11.6 Å². The summed E-state index contributed by atoms with van der Waals surface area (Å²) in [4.78, 5) is 3.60. The summed E-state index contributed by atoms with van der Waals surface area (Å²) in [5.74, 6) is 0. The number of halogens is 3. The lowest BCUT2D eigenvalue weighted by Gasteiger charge is -2.07. The number of alkyl halides is 2. The molecule has 0 aromatic carbocycles. The number of rotatable bonds is 2. The largest absolute Gasteiger partial charge is 0.266 e. The van der Waals surface area contributed by atoms with E-state index in [1.165, 1.54) is 0 Å². The first-order valence-electron chi connectivity index (χ1n) is 3.84. The fraction of sp³-hybridized carbons (Fsp3) is 0.222. The topological polar surface area (TPSA) is 60.5 Å². The van der Waals surface area contributed by atoms with Gasteiger partial charge in [0.2, 0.25) is 0 Å². The molecular weight excluding hydrogens is 224 g/mol. The maximum absolute atomic E-state index is 12.6. The summed E-state index contributed by atoms with van der Waals surface area (Å²) in [5, 5.41) is 17.0. The average Bonchev–Trinajstić information content (AvgIpc) is 2.16. The van der Waals surface area contributed by atoms with Crippen LogP contribution in [-0.4, -0.2) is 4.98 Å². The predicted octanol–water partition coefficient (Wildman–Crippen LogP) is 2.61. The van der Waals surface area contributed by atoms with Crippen molar-refractivity contribution in [1.82, 2.24) is 4.98 Å². The minimum atomic E-state index is -2.84. The molecule has 0 amide bonds. The van der Waals surface area contributed by atoms with E-state index in [1.807, 2.05) is 0 Å². The maximum Gasteiger partial charge on any atom is 0.266 e. The van der Waals surface area contributed by atoms with E-state index in [0.29, 0.717) is 0 Å². The first-order valence-corrected chi connectivity index (χ1v) is 4.22. The lowest BCUT2D eigenvalue weighted by molar-refractivity contribution is 0.149. The highest BCUT2D eigenvalue weighted by molar-refractivity contribution is 6.29. The number of hydrogen-bond acceptors (Lipinski definition) is 3. The minimum Gasteiger partial charge on any atom is -0.239 e. The second-order valence-electron chi connectivity index (χ2n) is 2.60. The van der Waals surface area contributed by atoms with E-state index < -0.39 is 12.0 Å². The predicted molar refractivity (Wildman–Crippen MR) is 48.2 cm³/mol. The van der Waals surface area contributed by atoms with E-state index in [0.717, 1.165) is 6.07 Å². The first-order chi connectivity index (χ1) is 7.10. The molecule has 0 N–H and O–H groups in total. The molecule has 0 spiro atoms. The Bertz CT molecular complexity index is 460. The second-order valence-corrected chi connectivity index (χ2v) is 2.99. The molecule has 15 heavy (non-hydrogen) atoms. The van der Waals surface area contributed by atoms with Crippen molar-refractivity contribution >= 4 is 11.6 Å². The van der Waals surface area contributed by atoms with Crippen LogP contribution in [-0.2, 0) is 6.42 Å². The van der Waals surface area contributed by atoms with Crippen molar-refractivity contribution in [2.45, 2.75) is 12.8 Å². The maximum atomic E-state index is 12.6. The van der Waals surface area contributed by atoms with Gasteiger partial charge in [0, 0.05) is 0 Å². The highest BCUT2D eigenvalue weighted by Gasteiger charge is 2.20. The molecule has 1 aromatic rings. The Labute approximate surface area is 89.5 Å². The van der Waals surface area contributed by atoms with Gasteiger partial charge in [-0.25, -0.2) is 13.8 Å². The number of nitrogens with zero attached hydrogens (tertiary/aromatic N) is 3. The Morgan fingerprint density at radius 1 is 1.47 bits per heavy atom. The van der Waals surface area contributed by atoms with Crippen LogP contribution in [0.1, 0.15) is 23.2 Å². The highest BCUT2D eigenvalue weighted by Crippen LogP contribution is 2.27. The van der Waals surface area contributed by atoms with Gasteiger partial charge in [-0.1, -0.05) is 11.6 Å². The van der Waals surface area contributed by atoms with Gasteiger partial charge in [0.25, 0.3) is 6.43 Å². The van der Waals surface area contributed by atoms with E-state index in [1.54, 1.807) is 12.1 Å². The van der Waals surface area contributed by atoms with Crippen LogP contribution in [0.25, 0.3) is 0 Å². The highest BCUT2D eigenvalue weighted by atomic mass is 35.5. The van der Waals surface area contributed by atoms with Crippen LogP contribution in [0.3, 0.4) is 0 Å². The second kappa shape index (κ2) is 4.68. The Balaban J connectivity index is 3.43. The summed E-state index contributed by atoms with van der Waals surface area (Å²) < 4.78 is 25.2. The Morgan fingerprint density at radius 3 is 2.60 bits per heavy atom. The third kappa shape index (κ3) is 2.39. The molecule has 1 rings (SSSR count). The van der Waals surface area contributed by atoms with Gasteiger partial charge >= 0.3 is 0 Å². The molecule has 0 fully saturated rings. The fourth-order valence-corrected chi connectivity index (χ4v) is 1.33. The first kappa shape index (κ1) is 11.4. The average molecular weight is 228 g/mol. The van der Waals surface area contributed by atoms with Gasteiger partial charge in [-0.05, 0) is 6.07 Å². The summed E-state index contributed by atoms with van der Waals surface area (Å²) >= 11 is 5.52. The molecule has 0 aliphatic rings. The van der Waals surface area contributed by atoms with Crippen LogP contribution in [0, 0.1) is 22.7 Å². The van der Waals surface area contributed by atoms with Gasteiger partial charge in [-0.3, -0.25) is 0 Å². The number of pyridine rings is 1. The molecule has 0 saturated carbocycles. The number of aromatic nitrogens is 1. The molecule has 1 heterocycles. The standard InChI is InChI=1S/C9H4ClF2N3/c10-7-3-5(4-14)8(9(11)12)6(15-7)1-2-13/h3,9H,1H2. The van der Waals surface area contributed by atoms with Crippen LogP contribution in [0.2, 0.25) is 5.15 Å². The molecule has 0 unspecified atom stereocenters. The molecule has 6 heteroatoms. The third-order valence-corrected chi connectivity index (χ3v) is 1.89. The van der Waals surface area contributed by atoms with E-state index in [-0.39, 0.29) is 22.8 Å². The van der Waals surface area contributed by atoms with Gasteiger partial charge in [0.05, 0.1) is 35.4 Å². The van der Waals surface area contributed by atoms with Gasteiger partial charge in [0.1, 0.15) is 5.15 Å². The van der Waals surface area contributed by atoms with Crippen LogP contribution in [0.4, 0.5) is 8.78 Å². The summed E-state index contributed by atoms with van der Waals surface area (Å²) in [6.07, 6.45) is -3.14. The van der Waals surface area contributed by atoms with Crippen molar-refractivity contribution in [3.8, 4) is 12.1 Å². The molecule has 0 aliphatic heterocycles. The number of nitriles is 2. The Hall–Kier alpha value is -1.72. The summed E-state index contributed by atoms with van der Waals surface area (Å²) in [5.41, 5.74) is -0.893. The molecule has 3 nitrogen and oxygen atoms in total. The zero-order chi connectivity index (χ0) is 11.4. The molecule has 0 radical (unpaired) electrons. The minimum absolute atomic E-state index is 0.0683. The van der Waals surface area contributed by atoms with Crippen molar-refractivity contribution < 1.29 is 8.78 Å². The quantitative estimate of drug-likeness (QED) is 0.730. The van der Waals surface area contributed by atoms with Crippen molar-refractivity contribution in [2.75, 3.05) is 0 Å². The molecule has 0 saturated heterocycles. The van der Waals surface area contributed by atoms with E-state index >= 15 is 0 Å². The van der Waals surface area contributed by atoms with Crippen molar-refractivity contribution in [1.29, 1.82) is 10.5 Å². The molecule has 76 valence electrons. The fourth-order valence-electron chi connectivity index (χ4n) is 1.12. The molecular formula is C9H4ClF2N3. The summed E-state index contributed by atoms with van der Waals surface area (Å²) in [7, 11) is 0. The molecule has 0 aliphatic carbocycles. The van der Waals surface area contributed by atoms with Crippen LogP contribution in [0.15, 0.2) is 6.07 Å². The van der Waals surface area contributed by atoms with Crippen LogP contribution in [0.5, 0.6) is 0 Å². The van der Waals surface area contributed by atoms with E-state index in [9.17, 15) is 8.78 Å². The smallest absolute Gasteiger partial charge is 0.239 e. The van der Waals surface area contributed by atoms with Crippen molar-refractivity contribution in [3.05, 3.63) is 28.0 Å². The van der Waals surface area contributed by atoms with Gasteiger partial charge < -0.3 is 0 Å². The van der Waals surface area contributed by atoms with Gasteiger partial charge in [-0.2, -0.15) is 10.5 Å². The van der Waals surface area contributed by atoms with E-state index in [2.05, 4.69) is 4.98 Å². The van der Waals surface area contributed by atoms with E-state index in [4.69, 9.17) is 22.1 Å².